The van der Waals surface area contributed by atoms with Gasteiger partial charge in [-0.25, -0.2) is 4.79 Å². The van der Waals surface area contributed by atoms with E-state index in [1.165, 1.54) is 14.2 Å². The number of aromatic amines is 1. The second-order valence-corrected chi connectivity index (χ2v) is 3.77. The highest BCUT2D eigenvalue weighted by atomic mass is 16.5. The fraction of sp³-hybridized carbons (Fsp3) is 0.167. The third-order valence-corrected chi connectivity index (χ3v) is 2.65. The summed E-state index contributed by atoms with van der Waals surface area (Å²) in [5.41, 5.74) is 6.34. The van der Waals surface area contributed by atoms with Crippen LogP contribution in [-0.2, 0) is 0 Å². The molecule has 0 unspecified atom stereocenters. The number of hydrogen-bond acceptors (Lipinski definition) is 5. The molecule has 1 aromatic heterocycles. The second kappa shape index (κ2) is 4.89. The number of hydrogen-bond donors (Lipinski definition) is 3. The van der Waals surface area contributed by atoms with Crippen molar-refractivity contribution >= 4 is 11.8 Å². The molecular formula is C12H13N3O4. The Hall–Kier alpha value is -2.70. The topological polar surface area (TPSA) is 110 Å². The molecule has 7 nitrogen and oxygen atoms in total. The number of ether oxygens (including phenoxy) is 2. The molecule has 0 aliphatic carbocycles. The zero-order chi connectivity index (χ0) is 14.0. The normalized spacial score (nSPS) is 10.2. The predicted molar refractivity (Wildman–Crippen MR) is 68.5 cm³/mol. The van der Waals surface area contributed by atoms with E-state index >= 15 is 0 Å². The lowest BCUT2D eigenvalue weighted by Gasteiger charge is -2.08. The smallest absolute Gasteiger partial charge is 0.341 e. The standard InChI is InChI=1S/C12H13N3O4/c1-18-7-3-6(4-8(5-7)19-2)10-9(12(16)17)11(13)15-14-10/h3-5H,1-2H3,(H,16,17)(H3,13,14,15). The number of nitrogens with zero attached hydrogens (tertiary/aromatic N) is 1. The van der Waals surface area contributed by atoms with Crippen LogP contribution in [0.4, 0.5) is 5.82 Å². The molecule has 100 valence electrons. The summed E-state index contributed by atoms with van der Waals surface area (Å²) in [6.45, 7) is 0. The first kappa shape index (κ1) is 12.7. The zero-order valence-electron chi connectivity index (χ0n) is 10.4. The van der Waals surface area contributed by atoms with E-state index in [9.17, 15) is 4.79 Å². The van der Waals surface area contributed by atoms with Crippen LogP contribution in [0, 0.1) is 0 Å². The molecule has 0 radical (unpaired) electrons. The fourth-order valence-electron chi connectivity index (χ4n) is 1.73. The van der Waals surface area contributed by atoms with Crippen LogP contribution in [0.2, 0.25) is 0 Å². The Morgan fingerprint density at radius 3 is 2.32 bits per heavy atom. The van der Waals surface area contributed by atoms with Crippen molar-refractivity contribution < 1.29 is 19.4 Å². The van der Waals surface area contributed by atoms with Crippen LogP contribution in [0.1, 0.15) is 10.4 Å². The van der Waals surface area contributed by atoms with Crippen molar-refractivity contribution in [3.63, 3.8) is 0 Å². The molecular weight excluding hydrogens is 250 g/mol. The van der Waals surface area contributed by atoms with Gasteiger partial charge in [-0.15, -0.1) is 0 Å². The van der Waals surface area contributed by atoms with E-state index in [4.69, 9.17) is 20.3 Å². The number of carboxylic acid groups (broad SMARTS) is 1. The van der Waals surface area contributed by atoms with Gasteiger partial charge in [0.1, 0.15) is 17.1 Å². The molecule has 0 atom stereocenters. The Morgan fingerprint density at radius 2 is 1.84 bits per heavy atom. The summed E-state index contributed by atoms with van der Waals surface area (Å²) >= 11 is 0. The fourth-order valence-corrected chi connectivity index (χ4v) is 1.73. The Bertz CT molecular complexity index is 599. The molecule has 2 aromatic rings. The van der Waals surface area contributed by atoms with Gasteiger partial charge < -0.3 is 20.3 Å². The summed E-state index contributed by atoms with van der Waals surface area (Å²) in [6.07, 6.45) is 0. The molecule has 1 aromatic carbocycles. The van der Waals surface area contributed by atoms with Gasteiger partial charge in [0, 0.05) is 11.6 Å². The van der Waals surface area contributed by atoms with Crippen LogP contribution in [0.5, 0.6) is 11.5 Å². The van der Waals surface area contributed by atoms with Crippen molar-refractivity contribution in [1.82, 2.24) is 10.2 Å². The monoisotopic (exact) mass is 263 g/mol. The lowest BCUT2D eigenvalue weighted by molar-refractivity contribution is 0.0699. The number of carbonyl (C=O) groups is 1. The lowest BCUT2D eigenvalue weighted by Crippen LogP contribution is -2.01. The highest BCUT2D eigenvalue weighted by molar-refractivity contribution is 5.99. The van der Waals surface area contributed by atoms with Gasteiger partial charge in [0.05, 0.1) is 19.9 Å². The van der Waals surface area contributed by atoms with E-state index < -0.39 is 5.97 Å². The van der Waals surface area contributed by atoms with Gasteiger partial charge in [0.25, 0.3) is 0 Å². The Labute approximate surface area is 109 Å². The van der Waals surface area contributed by atoms with Crippen molar-refractivity contribution in [3.05, 3.63) is 23.8 Å². The quantitative estimate of drug-likeness (QED) is 0.768. The molecule has 0 spiro atoms. The van der Waals surface area contributed by atoms with Crippen LogP contribution < -0.4 is 15.2 Å². The molecule has 0 bridgehead atoms. The zero-order valence-corrected chi connectivity index (χ0v) is 10.4. The summed E-state index contributed by atoms with van der Waals surface area (Å²) in [6, 6.07) is 5.02. The van der Waals surface area contributed by atoms with E-state index in [0.717, 1.165) is 0 Å². The molecule has 0 aliphatic heterocycles. The largest absolute Gasteiger partial charge is 0.497 e. The molecule has 1 heterocycles. The summed E-state index contributed by atoms with van der Waals surface area (Å²) in [4.78, 5) is 11.2. The van der Waals surface area contributed by atoms with Crippen LogP contribution in [0.25, 0.3) is 11.3 Å². The second-order valence-electron chi connectivity index (χ2n) is 3.77. The molecule has 0 saturated carbocycles. The van der Waals surface area contributed by atoms with Crippen molar-refractivity contribution in [3.8, 4) is 22.8 Å². The Kier molecular flexibility index (Phi) is 3.28. The summed E-state index contributed by atoms with van der Waals surface area (Å²) in [5, 5.41) is 15.5. The maximum atomic E-state index is 11.2. The molecule has 2 rings (SSSR count). The number of aromatic nitrogens is 2. The predicted octanol–water partition coefficient (Wildman–Crippen LogP) is 1.37. The minimum Gasteiger partial charge on any atom is -0.497 e. The number of anilines is 1. The molecule has 4 N–H and O–H groups in total. The molecule has 7 heteroatoms. The van der Waals surface area contributed by atoms with E-state index in [-0.39, 0.29) is 11.4 Å². The lowest BCUT2D eigenvalue weighted by atomic mass is 10.1. The highest BCUT2D eigenvalue weighted by Gasteiger charge is 2.20. The number of carboxylic acids is 1. The molecule has 0 fully saturated rings. The number of methoxy groups -OCH3 is 2. The van der Waals surface area contributed by atoms with Crippen LogP contribution in [0.3, 0.4) is 0 Å². The van der Waals surface area contributed by atoms with Gasteiger partial charge in [0.2, 0.25) is 0 Å². The Morgan fingerprint density at radius 1 is 1.26 bits per heavy atom. The van der Waals surface area contributed by atoms with Gasteiger partial charge in [-0.2, -0.15) is 5.10 Å². The first-order chi connectivity index (χ1) is 9.06. The van der Waals surface area contributed by atoms with Crippen molar-refractivity contribution in [2.24, 2.45) is 0 Å². The van der Waals surface area contributed by atoms with Gasteiger partial charge in [-0.1, -0.05) is 0 Å². The number of nitrogen functional groups attached to an aromatic ring is 1. The van der Waals surface area contributed by atoms with Crippen LogP contribution >= 0.6 is 0 Å². The van der Waals surface area contributed by atoms with Gasteiger partial charge in [0.15, 0.2) is 5.82 Å². The minimum atomic E-state index is -1.15. The van der Waals surface area contributed by atoms with Gasteiger partial charge in [-0.3, -0.25) is 5.10 Å². The van der Waals surface area contributed by atoms with Crippen LogP contribution in [0.15, 0.2) is 18.2 Å². The molecule has 19 heavy (non-hydrogen) atoms. The average Bonchev–Trinajstić information content (AvgIpc) is 2.80. The number of rotatable bonds is 4. The summed E-state index contributed by atoms with van der Waals surface area (Å²) in [7, 11) is 3.02. The average molecular weight is 263 g/mol. The molecule has 0 saturated heterocycles. The van der Waals surface area contributed by atoms with Crippen LogP contribution in [-0.4, -0.2) is 35.5 Å². The summed E-state index contributed by atoms with van der Waals surface area (Å²) < 4.78 is 10.3. The van der Waals surface area contributed by atoms with E-state index in [0.29, 0.717) is 22.8 Å². The van der Waals surface area contributed by atoms with E-state index in [1.54, 1.807) is 18.2 Å². The first-order valence-corrected chi connectivity index (χ1v) is 5.37. The van der Waals surface area contributed by atoms with Gasteiger partial charge in [-0.05, 0) is 12.1 Å². The van der Waals surface area contributed by atoms with E-state index in [2.05, 4.69) is 10.2 Å². The first-order valence-electron chi connectivity index (χ1n) is 5.37. The number of aromatic carboxylic acids is 1. The maximum absolute atomic E-state index is 11.2. The van der Waals surface area contributed by atoms with Crippen molar-refractivity contribution in [2.45, 2.75) is 0 Å². The number of nitrogens with two attached hydrogens (primary N) is 1. The Balaban J connectivity index is 2.61. The van der Waals surface area contributed by atoms with Crippen molar-refractivity contribution in [2.75, 3.05) is 20.0 Å². The van der Waals surface area contributed by atoms with Gasteiger partial charge >= 0.3 is 5.97 Å². The number of benzene rings is 1. The number of H-pyrrole nitrogens is 1. The highest BCUT2D eigenvalue weighted by Crippen LogP contribution is 2.32. The third-order valence-electron chi connectivity index (χ3n) is 2.65. The third kappa shape index (κ3) is 2.30. The SMILES string of the molecule is COc1cc(OC)cc(-c2[nH]nc(N)c2C(=O)O)c1. The summed E-state index contributed by atoms with van der Waals surface area (Å²) in [5.74, 6) is -0.134. The van der Waals surface area contributed by atoms with E-state index in [1.807, 2.05) is 0 Å². The minimum absolute atomic E-state index is 0.0655. The molecule has 0 amide bonds. The van der Waals surface area contributed by atoms with Crippen molar-refractivity contribution in [1.29, 1.82) is 0 Å². The number of nitrogens with one attached hydrogen (secondary N) is 1. The molecule has 0 aliphatic rings. The maximum Gasteiger partial charge on any atom is 0.341 e.